The second-order valence-electron chi connectivity index (χ2n) is 2.75. The highest BCUT2D eigenvalue weighted by molar-refractivity contribution is 9.07. The van der Waals surface area contributed by atoms with E-state index in [1.807, 2.05) is 3.93 Å². The van der Waals surface area contributed by atoms with Crippen LogP contribution in [0, 0.1) is 0 Å². The van der Waals surface area contributed by atoms with Crippen LogP contribution in [0.1, 0.15) is 26.2 Å². The predicted octanol–water partition coefficient (Wildman–Crippen LogP) is 1.74. The first-order valence-electron chi connectivity index (χ1n) is 3.64. The van der Waals surface area contributed by atoms with Crippen molar-refractivity contribution < 1.29 is 4.79 Å². The third kappa shape index (κ3) is 1.80. The molecule has 0 aromatic heterocycles. The van der Waals surface area contributed by atoms with Gasteiger partial charge in [0.2, 0.25) is 0 Å². The molecule has 0 aromatic rings. The van der Waals surface area contributed by atoms with Crippen LogP contribution in [0.2, 0.25) is 0 Å². The predicted molar refractivity (Wildman–Crippen MR) is 44.0 cm³/mol. The van der Waals surface area contributed by atoms with Gasteiger partial charge >= 0.3 is 0 Å². The quantitative estimate of drug-likeness (QED) is 0.609. The molecular formula is C7H12BrNO. The zero-order valence-corrected chi connectivity index (χ0v) is 7.73. The molecule has 1 aliphatic heterocycles. The summed E-state index contributed by atoms with van der Waals surface area (Å²) < 4.78 is 1.97. The lowest BCUT2D eigenvalue weighted by atomic mass is 10.0. The molecule has 0 amide bonds. The second kappa shape index (κ2) is 3.49. The van der Waals surface area contributed by atoms with E-state index in [0.717, 1.165) is 13.0 Å². The van der Waals surface area contributed by atoms with Gasteiger partial charge in [-0.05, 0) is 19.8 Å². The maximum atomic E-state index is 10.9. The van der Waals surface area contributed by atoms with Crippen LogP contribution in [-0.2, 0) is 4.79 Å². The number of halogens is 1. The van der Waals surface area contributed by atoms with Gasteiger partial charge in [-0.3, -0.25) is 4.79 Å². The van der Waals surface area contributed by atoms with Crippen LogP contribution < -0.4 is 0 Å². The molecule has 3 heteroatoms. The molecule has 1 saturated heterocycles. The summed E-state index contributed by atoms with van der Waals surface area (Å²) in [6, 6.07) is 0.133. The van der Waals surface area contributed by atoms with Crippen LogP contribution in [0.3, 0.4) is 0 Å². The summed E-state index contributed by atoms with van der Waals surface area (Å²) in [5, 5.41) is 0. The fraction of sp³-hybridized carbons (Fsp3) is 0.857. The zero-order chi connectivity index (χ0) is 7.56. The van der Waals surface area contributed by atoms with E-state index in [9.17, 15) is 4.79 Å². The minimum absolute atomic E-state index is 0.133. The van der Waals surface area contributed by atoms with Gasteiger partial charge in [-0.15, -0.1) is 0 Å². The van der Waals surface area contributed by atoms with Gasteiger partial charge < -0.3 is 0 Å². The van der Waals surface area contributed by atoms with Crippen LogP contribution in [0.25, 0.3) is 0 Å². The molecule has 0 saturated carbocycles. The maximum absolute atomic E-state index is 10.9. The van der Waals surface area contributed by atoms with Gasteiger partial charge in [-0.25, -0.2) is 3.93 Å². The highest BCUT2D eigenvalue weighted by Gasteiger charge is 2.23. The van der Waals surface area contributed by atoms with Gasteiger partial charge in [-0.1, -0.05) is 6.42 Å². The molecule has 0 bridgehead atoms. The van der Waals surface area contributed by atoms with E-state index in [-0.39, 0.29) is 11.8 Å². The van der Waals surface area contributed by atoms with E-state index in [0.29, 0.717) is 0 Å². The van der Waals surface area contributed by atoms with Crippen LogP contribution in [0.5, 0.6) is 0 Å². The van der Waals surface area contributed by atoms with Crippen LogP contribution in [0.15, 0.2) is 0 Å². The third-order valence-electron chi connectivity index (χ3n) is 1.91. The number of carbonyl (C=O) groups excluding carboxylic acids is 1. The monoisotopic (exact) mass is 205 g/mol. The zero-order valence-electron chi connectivity index (χ0n) is 6.14. The van der Waals surface area contributed by atoms with Crippen molar-refractivity contribution in [3.05, 3.63) is 0 Å². The molecule has 0 N–H and O–H groups in total. The van der Waals surface area contributed by atoms with E-state index in [1.165, 1.54) is 12.8 Å². The van der Waals surface area contributed by atoms with Crippen molar-refractivity contribution in [3.8, 4) is 0 Å². The fourth-order valence-electron chi connectivity index (χ4n) is 1.30. The fourth-order valence-corrected chi connectivity index (χ4v) is 2.04. The number of hydrogen-bond acceptors (Lipinski definition) is 2. The number of Topliss-reactive ketones (excluding diaryl/α,β-unsaturated/α-hetero) is 1. The standard InChI is InChI=1S/C7H12BrNO/c1-6(10)7-4-2-3-5-9(7)8/h7H,2-5H2,1H3. The van der Waals surface area contributed by atoms with Crippen LogP contribution >= 0.6 is 16.1 Å². The van der Waals surface area contributed by atoms with Gasteiger partial charge in [0, 0.05) is 22.7 Å². The van der Waals surface area contributed by atoms with Crippen molar-refractivity contribution in [2.45, 2.75) is 32.2 Å². The summed E-state index contributed by atoms with van der Waals surface area (Å²) in [7, 11) is 0. The van der Waals surface area contributed by atoms with Gasteiger partial charge in [0.25, 0.3) is 0 Å². The minimum atomic E-state index is 0.133. The number of rotatable bonds is 1. The molecule has 1 aliphatic rings. The van der Waals surface area contributed by atoms with E-state index < -0.39 is 0 Å². The Labute approximate surface area is 69.9 Å². The Morgan fingerprint density at radius 3 is 2.70 bits per heavy atom. The van der Waals surface area contributed by atoms with Crippen molar-refractivity contribution in [1.29, 1.82) is 0 Å². The molecule has 0 aromatic carbocycles. The summed E-state index contributed by atoms with van der Waals surface area (Å²) >= 11 is 3.37. The Balaban J connectivity index is 2.47. The summed E-state index contributed by atoms with van der Waals surface area (Å²) in [4.78, 5) is 10.9. The molecule has 1 rings (SSSR count). The Morgan fingerprint density at radius 1 is 1.60 bits per heavy atom. The van der Waals surface area contributed by atoms with Crippen molar-refractivity contribution in [2.75, 3.05) is 6.54 Å². The molecule has 0 spiro atoms. The number of nitrogens with zero attached hydrogens (tertiary/aromatic N) is 1. The van der Waals surface area contributed by atoms with Gasteiger partial charge in [0.15, 0.2) is 0 Å². The minimum Gasteiger partial charge on any atom is -0.298 e. The lowest BCUT2D eigenvalue weighted by molar-refractivity contribution is -0.121. The number of hydrogen-bond donors (Lipinski definition) is 0. The van der Waals surface area contributed by atoms with E-state index >= 15 is 0 Å². The van der Waals surface area contributed by atoms with Crippen molar-refractivity contribution in [3.63, 3.8) is 0 Å². The smallest absolute Gasteiger partial charge is 0.147 e. The molecular weight excluding hydrogens is 194 g/mol. The lowest BCUT2D eigenvalue weighted by Gasteiger charge is -2.27. The SMILES string of the molecule is CC(=O)C1CCCCN1Br. The Morgan fingerprint density at radius 2 is 2.30 bits per heavy atom. The first-order chi connectivity index (χ1) is 4.72. The highest BCUT2D eigenvalue weighted by Crippen LogP contribution is 2.20. The highest BCUT2D eigenvalue weighted by atomic mass is 79.9. The van der Waals surface area contributed by atoms with Crippen molar-refractivity contribution >= 4 is 21.9 Å². The first kappa shape index (κ1) is 8.21. The topological polar surface area (TPSA) is 20.3 Å². The van der Waals surface area contributed by atoms with Crippen molar-refractivity contribution in [1.82, 2.24) is 3.93 Å². The molecule has 58 valence electrons. The first-order valence-corrected chi connectivity index (χ1v) is 4.35. The second-order valence-corrected chi connectivity index (χ2v) is 3.66. The summed E-state index contributed by atoms with van der Waals surface area (Å²) in [6.45, 7) is 2.66. The van der Waals surface area contributed by atoms with Gasteiger partial charge in [0.05, 0.1) is 6.04 Å². The van der Waals surface area contributed by atoms with E-state index in [1.54, 1.807) is 6.92 Å². The number of ketones is 1. The summed E-state index contributed by atoms with van der Waals surface area (Å²) in [6.07, 6.45) is 3.40. The Kier molecular flexibility index (Phi) is 2.86. The normalized spacial score (nSPS) is 28.4. The molecule has 1 atom stereocenters. The third-order valence-corrected chi connectivity index (χ3v) is 2.76. The average Bonchev–Trinajstić information content (AvgIpc) is 1.88. The summed E-state index contributed by atoms with van der Waals surface area (Å²) in [5.41, 5.74) is 0. The molecule has 1 heterocycles. The maximum Gasteiger partial charge on any atom is 0.147 e. The van der Waals surface area contributed by atoms with Crippen LogP contribution in [0.4, 0.5) is 0 Å². The number of piperidine rings is 1. The molecule has 0 aliphatic carbocycles. The molecule has 1 unspecified atom stereocenters. The van der Waals surface area contributed by atoms with Crippen molar-refractivity contribution in [2.24, 2.45) is 0 Å². The Bertz CT molecular complexity index is 138. The average molecular weight is 206 g/mol. The molecule has 0 radical (unpaired) electrons. The van der Waals surface area contributed by atoms with E-state index in [4.69, 9.17) is 0 Å². The van der Waals surface area contributed by atoms with E-state index in [2.05, 4.69) is 16.1 Å². The van der Waals surface area contributed by atoms with Crippen LogP contribution in [-0.4, -0.2) is 22.3 Å². The molecule has 10 heavy (non-hydrogen) atoms. The molecule has 2 nitrogen and oxygen atoms in total. The Hall–Kier alpha value is 0.110. The lowest BCUT2D eigenvalue weighted by Crippen LogP contribution is -2.36. The molecule has 1 fully saturated rings. The summed E-state index contributed by atoms with van der Waals surface area (Å²) in [5.74, 6) is 0.275. The van der Waals surface area contributed by atoms with Gasteiger partial charge in [0.1, 0.15) is 5.78 Å². The number of carbonyl (C=O) groups is 1. The van der Waals surface area contributed by atoms with Gasteiger partial charge in [-0.2, -0.15) is 0 Å². The largest absolute Gasteiger partial charge is 0.298 e.